The summed E-state index contributed by atoms with van der Waals surface area (Å²) in [6, 6.07) is 14.1. The Balaban J connectivity index is 1.33. The summed E-state index contributed by atoms with van der Waals surface area (Å²) >= 11 is 0. The van der Waals surface area contributed by atoms with E-state index in [1.54, 1.807) is 0 Å². The van der Waals surface area contributed by atoms with Gasteiger partial charge >= 0.3 is 6.03 Å². The van der Waals surface area contributed by atoms with E-state index in [0.717, 1.165) is 49.8 Å². The van der Waals surface area contributed by atoms with Crippen molar-refractivity contribution in [2.24, 2.45) is 0 Å². The van der Waals surface area contributed by atoms with E-state index in [-0.39, 0.29) is 12.1 Å². The monoisotopic (exact) mass is 407 g/mol. The Bertz CT molecular complexity index is 930. The minimum absolute atomic E-state index is 0.0705. The molecule has 1 saturated heterocycles. The molecule has 2 aromatic heterocycles. The zero-order valence-corrected chi connectivity index (χ0v) is 17.4. The molecule has 1 fully saturated rings. The Kier molecular flexibility index (Phi) is 6.61. The lowest BCUT2D eigenvalue weighted by atomic mass is 10.0. The maximum absolute atomic E-state index is 12.6. The number of fused-ring (bicyclic) bond motifs is 1. The van der Waals surface area contributed by atoms with Gasteiger partial charge in [0.05, 0.1) is 24.9 Å². The topological polar surface area (TPSA) is 70.9 Å². The van der Waals surface area contributed by atoms with Gasteiger partial charge in [0.2, 0.25) is 0 Å². The first-order valence-electron chi connectivity index (χ1n) is 10.5. The van der Waals surface area contributed by atoms with Crippen LogP contribution >= 0.6 is 0 Å². The largest absolute Gasteiger partial charge is 0.379 e. The maximum Gasteiger partial charge on any atom is 0.315 e. The first-order valence-corrected chi connectivity index (χ1v) is 10.5. The maximum atomic E-state index is 12.6. The van der Waals surface area contributed by atoms with Crippen LogP contribution in [0.25, 0.3) is 5.65 Å². The van der Waals surface area contributed by atoms with E-state index in [1.165, 1.54) is 5.56 Å². The van der Waals surface area contributed by atoms with Gasteiger partial charge in [0.25, 0.3) is 0 Å². The molecule has 0 radical (unpaired) electrons. The summed E-state index contributed by atoms with van der Waals surface area (Å²) in [4.78, 5) is 19.5. The molecular formula is C23H29N5O2. The normalized spacial score (nSPS) is 15.8. The number of amides is 2. The van der Waals surface area contributed by atoms with E-state index in [0.29, 0.717) is 13.0 Å². The van der Waals surface area contributed by atoms with Gasteiger partial charge in [-0.3, -0.25) is 4.90 Å². The molecule has 7 nitrogen and oxygen atoms in total. The Labute approximate surface area is 177 Å². The Morgan fingerprint density at radius 1 is 1.17 bits per heavy atom. The zero-order chi connectivity index (χ0) is 20.8. The van der Waals surface area contributed by atoms with Gasteiger partial charge in [0, 0.05) is 45.0 Å². The van der Waals surface area contributed by atoms with Crippen LogP contribution < -0.4 is 10.6 Å². The first-order chi connectivity index (χ1) is 14.7. The second kappa shape index (κ2) is 9.73. The average Bonchev–Trinajstić information content (AvgIpc) is 3.17. The van der Waals surface area contributed by atoms with Crippen LogP contribution in [0.2, 0.25) is 0 Å². The van der Waals surface area contributed by atoms with Gasteiger partial charge in [0.1, 0.15) is 5.65 Å². The molecular weight excluding hydrogens is 378 g/mol. The molecule has 3 heterocycles. The Morgan fingerprint density at radius 3 is 2.73 bits per heavy atom. The third-order valence-corrected chi connectivity index (χ3v) is 5.41. The number of urea groups is 1. The molecule has 4 rings (SSSR count). The van der Waals surface area contributed by atoms with Crippen molar-refractivity contribution in [1.82, 2.24) is 24.9 Å². The number of aryl methyl sites for hydroxylation is 1. The summed E-state index contributed by atoms with van der Waals surface area (Å²) < 4.78 is 7.44. The molecule has 3 aromatic rings. The zero-order valence-electron chi connectivity index (χ0n) is 17.4. The quantitative estimate of drug-likeness (QED) is 0.632. The molecule has 158 valence electrons. The highest BCUT2D eigenvalue weighted by Crippen LogP contribution is 2.16. The van der Waals surface area contributed by atoms with Crippen molar-refractivity contribution in [2.75, 3.05) is 39.4 Å². The number of nitrogens with one attached hydrogen (secondary N) is 2. The van der Waals surface area contributed by atoms with Gasteiger partial charge in [0.15, 0.2) is 0 Å². The summed E-state index contributed by atoms with van der Waals surface area (Å²) in [5.41, 5.74) is 4.20. The predicted octanol–water partition coefficient (Wildman–Crippen LogP) is 2.56. The molecule has 2 amide bonds. The van der Waals surface area contributed by atoms with Crippen molar-refractivity contribution in [1.29, 1.82) is 0 Å². The standard InChI is InChI=1S/C23H29N5O2/c1-18-5-7-19(8-6-18)21(17-27-12-14-30-15-13-27)26-23(29)24-10-9-20-16-28-11-3-2-4-22(28)25-20/h2-8,11,16,21H,9-10,12-15,17H2,1H3,(H2,24,26,29). The molecule has 30 heavy (non-hydrogen) atoms. The number of aromatic nitrogens is 2. The fourth-order valence-corrected chi connectivity index (χ4v) is 3.70. The van der Waals surface area contributed by atoms with E-state index in [2.05, 4.69) is 51.7 Å². The molecule has 0 bridgehead atoms. The summed E-state index contributed by atoms with van der Waals surface area (Å²) in [5.74, 6) is 0. The minimum Gasteiger partial charge on any atom is -0.379 e. The SMILES string of the molecule is Cc1ccc(C(CN2CCOCC2)NC(=O)NCCc2cn3ccccc3n2)cc1. The minimum atomic E-state index is -0.155. The number of nitrogens with zero attached hydrogens (tertiary/aromatic N) is 3. The highest BCUT2D eigenvalue weighted by molar-refractivity contribution is 5.74. The van der Waals surface area contributed by atoms with Crippen LogP contribution in [0.1, 0.15) is 22.9 Å². The Hall–Kier alpha value is -2.90. The third kappa shape index (κ3) is 5.37. The fraction of sp³-hybridized carbons (Fsp3) is 0.391. The van der Waals surface area contributed by atoms with E-state index >= 15 is 0 Å². The van der Waals surface area contributed by atoms with Crippen LogP contribution in [-0.4, -0.2) is 59.7 Å². The highest BCUT2D eigenvalue weighted by atomic mass is 16.5. The van der Waals surface area contributed by atoms with Gasteiger partial charge < -0.3 is 19.8 Å². The molecule has 0 spiro atoms. The van der Waals surface area contributed by atoms with Gasteiger partial charge in [-0.2, -0.15) is 0 Å². The van der Waals surface area contributed by atoms with E-state index in [9.17, 15) is 4.79 Å². The number of morpholine rings is 1. The Morgan fingerprint density at radius 2 is 1.97 bits per heavy atom. The van der Waals surface area contributed by atoms with Crippen LogP contribution in [0, 0.1) is 6.92 Å². The number of ether oxygens (including phenoxy) is 1. The predicted molar refractivity (Wildman–Crippen MR) is 117 cm³/mol. The van der Waals surface area contributed by atoms with Crippen molar-refractivity contribution in [3.05, 3.63) is 71.7 Å². The van der Waals surface area contributed by atoms with Crippen molar-refractivity contribution in [3.8, 4) is 0 Å². The van der Waals surface area contributed by atoms with Crippen LogP contribution in [0.15, 0.2) is 54.9 Å². The van der Waals surface area contributed by atoms with Crippen molar-refractivity contribution < 1.29 is 9.53 Å². The second-order valence-corrected chi connectivity index (χ2v) is 7.72. The van der Waals surface area contributed by atoms with Gasteiger partial charge in [-0.05, 0) is 24.6 Å². The second-order valence-electron chi connectivity index (χ2n) is 7.72. The molecule has 1 unspecified atom stereocenters. The van der Waals surface area contributed by atoms with Crippen LogP contribution in [-0.2, 0) is 11.2 Å². The van der Waals surface area contributed by atoms with Gasteiger partial charge in [-0.1, -0.05) is 35.9 Å². The molecule has 7 heteroatoms. The lowest BCUT2D eigenvalue weighted by molar-refractivity contribution is 0.0340. The number of pyridine rings is 1. The highest BCUT2D eigenvalue weighted by Gasteiger charge is 2.20. The van der Waals surface area contributed by atoms with E-state index in [4.69, 9.17) is 4.74 Å². The van der Waals surface area contributed by atoms with Crippen LogP contribution in [0.5, 0.6) is 0 Å². The molecule has 1 aromatic carbocycles. The number of imidazole rings is 1. The number of carbonyl (C=O) groups excluding carboxylic acids is 1. The fourth-order valence-electron chi connectivity index (χ4n) is 3.70. The van der Waals surface area contributed by atoms with Crippen molar-refractivity contribution >= 4 is 11.7 Å². The van der Waals surface area contributed by atoms with Crippen LogP contribution in [0.3, 0.4) is 0 Å². The number of rotatable bonds is 7. The summed E-state index contributed by atoms with van der Waals surface area (Å²) in [5, 5.41) is 6.14. The summed E-state index contributed by atoms with van der Waals surface area (Å²) in [6.07, 6.45) is 4.67. The van der Waals surface area contributed by atoms with E-state index in [1.807, 2.05) is 35.0 Å². The smallest absolute Gasteiger partial charge is 0.315 e. The van der Waals surface area contributed by atoms with Crippen LogP contribution in [0.4, 0.5) is 4.79 Å². The summed E-state index contributed by atoms with van der Waals surface area (Å²) in [6.45, 7) is 6.64. The third-order valence-electron chi connectivity index (χ3n) is 5.41. The molecule has 1 aliphatic heterocycles. The van der Waals surface area contributed by atoms with E-state index < -0.39 is 0 Å². The number of carbonyl (C=O) groups is 1. The van der Waals surface area contributed by atoms with Crippen molar-refractivity contribution in [2.45, 2.75) is 19.4 Å². The molecule has 1 atom stereocenters. The molecule has 0 aliphatic carbocycles. The number of benzene rings is 1. The lowest BCUT2D eigenvalue weighted by Crippen LogP contribution is -2.45. The number of hydrogen-bond donors (Lipinski definition) is 2. The van der Waals surface area contributed by atoms with Gasteiger partial charge in [-0.15, -0.1) is 0 Å². The van der Waals surface area contributed by atoms with Gasteiger partial charge in [-0.25, -0.2) is 9.78 Å². The van der Waals surface area contributed by atoms with Crippen molar-refractivity contribution in [3.63, 3.8) is 0 Å². The molecule has 0 saturated carbocycles. The summed E-state index contributed by atoms with van der Waals surface area (Å²) in [7, 11) is 0. The lowest BCUT2D eigenvalue weighted by Gasteiger charge is -2.31. The average molecular weight is 408 g/mol. The number of hydrogen-bond acceptors (Lipinski definition) is 4. The molecule has 1 aliphatic rings. The first kappa shape index (κ1) is 20.4. The molecule has 2 N–H and O–H groups in total.